The van der Waals surface area contributed by atoms with Crippen molar-refractivity contribution in [1.29, 1.82) is 0 Å². The van der Waals surface area contributed by atoms with E-state index in [1.54, 1.807) is 43.4 Å². The summed E-state index contributed by atoms with van der Waals surface area (Å²) in [5, 5.41) is 6.96. The number of hydrogen-bond acceptors (Lipinski definition) is 4. The molecule has 28 heavy (non-hydrogen) atoms. The fraction of sp³-hybridized carbons (Fsp3) is 0.263. The molecule has 1 amide bonds. The Morgan fingerprint density at radius 3 is 2.64 bits per heavy atom. The minimum atomic E-state index is -4.51. The number of fused-ring (bicyclic) bond motifs is 1. The Labute approximate surface area is 158 Å². The van der Waals surface area contributed by atoms with Gasteiger partial charge in [-0.15, -0.1) is 0 Å². The zero-order chi connectivity index (χ0) is 19.9. The van der Waals surface area contributed by atoms with Crippen LogP contribution in [-0.2, 0) is 0 Å². The molecule has 0 unspecified atom stereocenters. The van der Waals surface area contributed by atoms with Crippen LogP contribution in [0.5, 0.6) is 0 Å². The number of alkyl halides is 3. The Morgan fingerprint density at radius 1 is 1.25 bits per heavy atom. The summed E-state index contributed by atoms with van der Waals surface area (Å²) < 4.78 is 47.1. The largest absolute Gasteiger partial charge is 0.467 e. The van der Waals surface area contributed by atoms with Crippen LogP contribution in [-0.4, -0.2) is 28.9 Å². The lowest BCUT2D eigenvalue weighted by Crippen LogP contribution is -2.35. The molecular formula is C19H17F3N4O2. The molecule has 0 bridgehead atoms. The van der Waals surface area contributed by atoms with Crippen molar-refractivity contribution in [1.82, 2.24) is 9.78 Å². The molecule has 2 aromatic heterocycles. The first-order valence-electron chi connectivity index (χ1n) is 8.64. The summed E-state index contributed by atoms with van der Waals surface area (Å²) >= 11 is 0. The molecule has 9 heteroatoms. The third kappa shape index (κ3) is 3.23. The highest BCUT2D eigenvalue weighted by Gasteiger charge is 2.47. The molecule has 0 spiro atoms. The number of furan rings is 1. The van der Waals surface area contributed by atoms with E-state index in [1.165, 1.54) is 17.2 Å². The number of carbonyl (C=O) groups excluding carboxylic acids is 1. The maximum Gasteiger partial charge on any atom is 0.410 e. The van der Waals surface area contributed by atoms with E-state index >= 15 is 0 Å². The van der Waals surface area contributed by atoms with Crippen LogP contribution in [0.2, 0.25) is 0 Å². The van der Waals surface area contributed by atoms with Gasteiger partial charge in [0.05, 0.1) is 12.3 Å². The molecular weight excluding hydrogens is 373 g/mol. The molecule has 146 valence electrons. The van der Waals surface area contributed by atoms with E-state index < -0.39 is 24.2 Å². The third-order valence-electron chi connectivity index (χ3n) is 4.74. The molecule has 1 aromatic carbocycles. The summed E-state index contributed by atoms with van der Waals surface area (Å²) in [7, 11) is 1.55. The van der Waals surface area contributed by atoms with Gasteiger partial charge in [0.1, 0.15) is 11.6 Å². The van der Waals surface area contributed by atoms with Crippen molar-refractivity contribution in [3.05, 3.63) is 66.2 Å². The molecule has 2 atom stereocenters. The Balaban J connectivity index is 1.68. The smallest absolute Gasteiger partial charge is 0.410 e. The summed E-state index contributed by atoms with van der Waals surface area (Å²) in [5.74, 6) is 0.0288. The number of amides is 1. The number of rotatable bonds is 3. The highest BCUT2D eigenvalue weighted by Crippen LogP contribution is 2.43. The van der Waals surface area contributed by atoms with Crippen LogP contribution >= 0.6 is 0 Å². The SMILES string of the molecule is CN(C(=O)c1cc2n(n1)[C@H](C(F)(F)F)C[C@@H](c1ccco1)N2)c1ccccc1. The van der Waals surface area contributed by atoms with Crippen LogP contribution in [0.3, 0.4) is 0 Å². The predicted molar refractivity (Wildman–Crippen MR) is 96.2 cm³/mol. The number of benzene rings is 1. The van der Waals surface area contributed by atoms with Gasteiger partial charge in [-0.05, 0) is 24.3 Å². The average Bonchev–Trinajstić information content (AvgIpc) is 3.35. The van der Waals surface area contributed by atoms with E-state index in [9.17, 15) is 18.0 Å². The lowest BCUT2D eigenvalue weighted by molar-refractivity contribution is -0.174. The second-order valence-corrected chi connectivity index (χ2v) is 6.56. The van der Waals surface area contributed by atoms with Crippen molar-refractivity contribution in [2.45, 2.75) is 24.7 Å². The van der Waals surface area contributed by atoms with Gasteiger partial charge in [-0.2, -0.15) is 18.3 Å². The zero-order valence-corrected chi connectivity index (χ0v) is 14.8. The molecule has 1 aliphatic rings. The molecule has 0 fully saturated rings. The molecule has 1 N–H and O–H groups in total. The summed E-state index contributed by atoms with van der Waals surface area (Å²) in [5.41, 5.74) is 0.551. The molecule has 0 aliphatic carbocycles. The zero-order valence-electron chi connectivity index (χ0n) is 14.8. The Kier molecular flexibility index (Phi) is 4.37. The quantitative estimate of drug-likeness (QED) is 0.720. The van der Waals surface area contributed by atoms with E-state index in [4.69, 9.17) is 4.42 Å². The number of anilines is 2. The molecule has 6 nitrogen and oxygen atoms in total. The van der Waals surface area contributed by atoms with Gasteiger partial charge in [-0.3, -0.25) is 4.79 Å². The number of nitrogens with zero attached hydrogens (tertiary/aromatic N) is 3. The third-order valence-corrected chi connectivity index (χ3v) is 4.74. The molecule has 3 heterocycles. The predicted octanol–water partition coefficient (Wildman–Crippen LogP) is 4.41. The molecule has 0 radical (unpaired) electrons. The van der Waals surface area contributed by atoms with Crippen molar-refractivity contribution >= 4 is 17.4 Å². The maximum atomic E-state index is 13.7. The first kappa shape index (κ1) is 18.1. The number of nitrogens with one attached hydrogen (secondary N) is 1. The minimum absolute atomic E-state index is 0.0665. The number of halogens is 3. The van der Waals surface area contributed by atoms with Crippen LogP contribution in [0.25, 0.3) is 0 Å². The van der Waals surface area contributed by atoms with Gasteiger partial charge in [0.2, 0.25) is 0 Å². The van der Waals surface area contributed by atoms with Crippen LogP contribution < -0.4 is 10.2 Å². The lowest BCUT2D eigenvalue weighted by Gasteiger charge is -2.32. The summed E-state index contributed by atoms with van der Waals surface area (Å²) in [4.78, 5) is 14.1. The van der Waals surface area contributed by atoms with Crippen LogP contribution in [0.1, 0.15) is 34.8 Å². The maximum absolute atomic E-state index is 13.7. The van der Waals surface area contributed by atoms with Crippen molar-refractivity contribution < 1.29 is 22.4 Å². The summed E-state index contributed by atoms with van der Waals surface area (Å²) in [6, 6.07) is 10.9. The molecule has 0 saturated carbocycles. The molecule has 1 aliphatic heterocycles. The van der Waals surface area contributed by atoms with Gasteiger partial charge >= 0.3 is 6.18 Å². The second kappa shape index (κ2) is 6.74. The Morgan fingerprint density at radius 2 is 2.00 bits per heavy atom. The van der Waals surface area contributed by atoms with Gasteiger partial charge in [0.15, 0.2) is 11.7 Å². The minimum Gasteiger partial charge on any atom is -0.467 e. The van der Waals surface area contributed by atoms with Crippen molar-refractivity contribution in [2.24, 2.45) is 0 Å². The first-order chi connectivity index (χ1) is 13.3. The summed E-state index contributed by atoms with van der Waals surface area (Å²) in [6.45, 7) is 0. The monoisotopic (exact) mass is 390 g/mol. The fourth-order valence-corrected chi connectivity index (χ4v) is 3.29. The van der Waals surface area contributed by atoms with Crippen LogP contribution in [0, 0.1) is 0 Å². The Bertz CT molecular complexity index is 967. The number of carbonyl (C=O) groups is 1. The first-order valence-corrected chi connectivity index (χ1v) is 8.64. The highest BCUT2D eigenvalue weighted by molar-refractivity contribution is 6.04. The topological polar surface area (TPSA) is 63.3 Å². The molecule has 0 saturated heterocycles. The summed E-state index contributed by atoms with van der Waals surface area (Å²) in [6.07, 6.45) is -3.39. The molecule has 4 rings (SSSR count). The van der Waals surface area contributed by atoms with E-state index in [0.29, 0.717) is 11.4 Å². The lowest BCUT2D eigenvalue weighted by atomic mass is 10.0. The van der Waals surface area contributed by atoms with Crippen molar-refractivity contribution in [3.63, 3.8) is 0 Å². The molecule has 3 aromatic rings. The van der Waals surface area contributed by atoms with Crippen LogP contribution in [0.4, 0.5) is 24.7 Å². The fourth-order valence-electron chi connectivity index (χ4n) is 3.29. The normalized spacial score (nSPS) is 19.0. The number of para-hydroxylation sites is 1. The van der Waals surface area contributed by atoms with E-state index in [2.05, 4.69) is 10.4 Å². The van der Waals surface area contributed by atoms with Crippen LogP contribution in [0.15, 0.2) is 59.2 Å². The average molecular weight is 390 g/mol. The van der Waals surface area contributed by atoms with Gasteiger partial charge in [-0.25, -0.2) is 4.68 Å². The van der Waals surface area contributed by atoms with Gasteiger partial charge in [-0.1, -0.05) is 18.2 Å². The number of hydrogen-bond donors (Lipinski definition) is 1. The second-order valence-electron chi connectivity index (χ2n) is 6.56. The standard InChI is InChI=1S/C19H17F3N4O2/c1-25(12-6-3-2-4-7-12)18(27)14-11-17-23-13(15-8-5-9-28-15)10-16(19(20,21)22)26(17)24-14/h2-9,11,13,16,23H,10H2,1H3/t13-,16-/m0/s1. The van der Waals surface area contributed by atoms with Gasteiger partial charge < -0.3 is 14.6 Å². The van der Waals surface area contributed by atoms with Crippen molar-refractivity contribution in [2.75, 3.05) is 17.3 Å². The van der Waals surface area contributed by atoms with E-state index in [1.807, 2.05) is 6.07 Å². The van der Waals surface area contributed by atoms with E-state index in [-0.39, 0.29) is 17.9 Å². The van der Waals surface area contributed by atoms with Gasteiger partial charge in [0.25, 0.3) is 5.91 Å². The van der Waals surface area contributed by atoms with Gasteiger partial charge in [0, 0.05) is 25.2 Å². The number of aromatic nitrogens is 2. The Hall–Kier alpha value is -3.23. The van der Waals surface area contributed by atoms with Crippen molar-refractivity contribution in [3.8, 4) is 0 Å². The highest BCUT2D eigenvalue weighted by atomic mass is 19.4. The van der Waals surface area contributed by atoms with E-state index in [0.717, 1.165) is 4.68 Å².